The minimum atomic E-state index is -1.82. The number of benzene rings is 1. The number of hydrogen-bond acceptors (Lipinski definition) is 5. The topological polar surface area (TPSA) is 110 Å². The molecule has 8 nitrogen and oxygen atoms in total. The van der Waals surface area contributed by atoms with Gasteiger partial charge in [-0.1, -0.05) is 30.3 Å². The lowest BCUT2D eigenvalue weighted by molar-refractivity contribution is -0.159. The number of carboxylic acid groups (broad SMARTS) is 2. The van der Waals surface area contributed by atoms with Crippen molar-refractivity contribution < 1.29 is 24.6 Å². The van der Waals surface area contributed by atoms with E-state index in [0.717, 1.165) is 58.7 Å². The summed E-state index contributed by atoms with van der Waals surface area (Å²) in [5.74, 6) is -3.01. The minimum absolute atomic E-state index is 0.256. The summed E-state index contributed by atoms with van der Waals surface area (Å²) < 4.78 is 0. The van der Waals surface area contributed by atoms with Gasteiger partial charge in [-0.05, 0) is 31.5 Å². The monoisotopic (exact) mass is 377 g/mol. The Morgan fingerprint density at radius 1 is 0.926 bits per heavy atom. The molecule has 2 heterocycles. The predicted octanol–water partition coefficient (Wildman–Crippen LogP) is 0.486. The van der Waals surface area contributed by atoms with Crippen LogP contribution in [0.3, 0.4) is 0 Å². The zero-order valence-electron chi connectivity index (χ0n) is 15.3. The van der Waals surface area contributed by atoms with Gasteiger partial charge in [0.2, 0.25) is 5.91 Å². The largest absolute Gasteiger partial charge is 0.473 e. The molecule has 3 N–H and O–H groups in total. The first-order valence-electron chi connectivity index (χ1n) is 9.19. The van der Waals surface area contributed by atoms with Crippen molar-refractivity contribution in [3.8, 4) is 0 Å². The van der Waals surface area contributed by atoms with Crippen LogP contribution >= 0.6 is 0 Å². The van der Waals surface area contributed by atoms with Crippen LogP contribution in [-0.4, -0.2) is 77.1 Å². The van der Waals surface area contributed by atoms with Gasteiger partial charge in [0.1, 0.15) is 0 Å². The summed E-state index contributed by atoms with van der Waals surface area (Å²) in [6.45, 7) is 6.73. The second-order valence-corrected chi connectivity index (χ2v) is 6.72. The summed E-state index contributed by atoms with van der Waals surface area (Å²) in [7, 11) is 0. The van der Waals surface area contributed by atoms with E-state index in [-0.39, 0.29) is 5.92 Å². The Kier molecular flexibility index (Phi) is 8.22. The fraction of sp³-hybridized carbons (Fsp3) is 0.526. The standard InChI is InChI=1S/C17H25N3O.C2H2O4/c21-17(16-6-8-18-9-7-16)20-12-10-19(11-13-20)14-15-4-2-1-3-5-15;3-1(4)2(5)6/h1-5,16,18H,6-14H2;(H,3,4)(H,5,6). The van der Waals surface area contributed by atoms with Crippen LogP contribution in [0, 0.1) is 5.92 Å². The van der Waals surface area contributed by atoms with Crippen LogP contribution in [0.5, 0.6) is 0 Å². The highest BCUT2D eigenvalue weighted by Crippen LogP contribution is 2.17. The van der Waals surface area contributed by atoms with E-state index in [1.165, 1.54) is 5.56 Å². The smallest absolute Gasteiger partial charge is 0.414 e. The summed E-state index contributed by atoms with van der Waals surface area (Å²) in [5.41, 5.74) is 1.36. The lowest BCUT2D eigenvalue weighted by Crippen LogP contribution is -2.51. The highest BCUT2D eigenvalue weighted by molar-refractivity contribution is 6.27. The molecule has 2 saturated heterocycles. The van der Waals surface area contributed by atoms with E-state index in [2.05, 4.69) is 45.4 Å². The summed E-state index contributed by atoms with van der Waals surface area (Å²) in [5, 5.41) is 18.1. The van der Waals surface area contributed by atoms with Crippen molar-refractivity contribution in [2.45, 2.75) is 19.4 Å². The van der Waals surface area contributed by atoms with Crippen LogP contribution in [0.4, 0.5) is 0 Å². The molecule has 1 aromatic carbocycles. The summed E-state index contributed by atoms with van der Waals surface area (Å²) in [6, 6.07) is 10.6. The van der Waals surface area contributed by atoms with E-state index in [4.69, 9.17) is 19.8 Å². The number of amides is 1. The van der Waals surface area contributed by atoms with E-state index in [9.17, 15) is 4.79 Å². The van der Waals surface area contributed by atoms with Gasteiger partial charge >= 0.3 is 11.9 Å². The molecule has 0 aromatic heterocycles. The van der Waals surface area contributed by atoms with Crippen molar-refractivity contribution in [1.29, 1.82) is 0 Å². The normalized spacial score (nSPS) is 18.3. The molecule has 0 unspecified atom stereocenters. The quantitative estimate of drug-likeness (QED) is 0.658. The molecule has 0 spiro atoms. The lowest BCUT2D eigenvalue weighted by Gasteiger charge is -2.37. The highest BCUT2D eigenvalue weighted by Gasteiger charge is 2.28. The number of carbonyl (C=O) groups excluding carboxylic acids is 1. The number of nitrogens with zero attached hydrogens (tertiary/aromatic N) is 2. The van der Waals surface area contributed by atoms with Crippen LogP contribution in [0.1, 0.15) is 18.4 Å². The van der Waals surface area contributed by atoms with Gasteiger partial charge in [-0.2, -0.15) is 0 Å². The molecule has 0 bridgehead atoms. The first-order chi connectivity index (χ1) is 13.0. The van der Waals surface area contributed by atoms with Gasteiger partial charge in [0.05, 0.1) is 0 Å². The Hall–Kier alpha value is -2.45. The lowest BCUT2D eigenvalue weighted by atomic mass is 9.96. The second-order valence-electron chi connectivity index (χ2n) is 6.72. The predicted molar refractivity (Wildman–Crippen MR) is 99.2 cm³/mol. The van der Waals surface area contributed by atoms with Gasteiger partial charge in [-0.15, -0.1) is 0 Å². The zero-order chi connectivity index (χ0) is 19.6. The average Bonchev–Trinajstić information content (AvgIpc) is 2.70. The van der Waals surface area contributed by atoms with Gasteiger partial charge in [-0.3, -0.25) is 9.69 Å². The highest BCUT2D eigenvalue weighted by atomic mass is 16.4. The van der Waals surface area contributed by atoms with E-state index in [1.807, 2.05) is 0 Å². The molecule has 27 heavy (non-hydrogen) atoms. The van der Waals surface area contributed by atoms with E-state index < -0.39 is 11.9 Å². The molecule has 148 valence electrons. The third-order valence-electron chi connectivity index (χ3n) is 4.80. The van der Waals surface area contributed by atoms with Gasteiger partial charge in [0.25, 0.3) is 0 Å². The molecular weight excluding hydrogens is 350 g/mol. The molecule has 2 fully saturated rings. The Balaban J connectivity index is 0.000000380. The Bertz CT molecular complexity index is 611. The maximum absolute atomic E-state index is 12.5. The van der Waals surface area contributed by atoms with Gasteiger partial charge < -0.3 is 20.4 Å². The number of hydrogen-bond donors (Lipinski definition) is 3. The van der Waals surface area contributed by atoms with Crippen LogP contribution < -0.4 is 5.32 Å². The van der Waals surface area contributed by atoms with Crippen LogP contribution in [-0.2, 0) is 20.9 Å². The fourth-order valence-corrected chi connectivity index (χ4v) is 3.30. The molecule has 2 aliphatic heterocycles. The summed E-state index contributed by atoms with van der Waals surface area (Å²) in [6.07, 6.45) is 2.01. The summed E-state index contributed by atoms with van der Waals surface area (Å²) >= 11 is 0. The maximum Gasteiger partial charge on any atom is 0.414 e. The number of nitrogens with one attached hydrogen (secondary N) is 1. The Morgan fingerprint density at radius 2 is 1.48 bits per heavy atom. The van der Waals surface area contributed by atoms with Gasteiger partial charge in [-0.25, -0.2) is 9.59 Å². The molecule has 0 saturated carbocycles. The molecule has 8 heteroatoms. The Labute approximate surface area is 158 Å². The molecule has 1 aromatic rings. The number of rotatable bonds is 3. The van der Waals surface area contributed by atoms with Crippen molar-refractivity contribution in [2.75, 3.05) is 39.3 Å². The number of piperazine rings is 1. The van der Waals surface area contributed by atoms with Crippen LogP contribution in [0.2, 0.25) is 0 Å². The first kappa shape index (κ1) is 20.9. The average molecular weight is 377 g/mol. The minimum Gasteiger partial charge on any atom is -0.473 e. The fourth-order valence-electron chi connectivity index (χ4n) is 3.30. The number of piperidine rings is 1. The third-order valence-corrected chi connectivity index (χ3v) is 4.80. The zero-order valence-corrected chi connectivity index (χ0v) is 15.3. The van der Waals surface area contributed by atoms with Crippen molar-refractivity contribution in [2.24, 2.45) is 5.92 Å². The van der Waals surface area contributed by atoms with Gasteiger partial charge in [0.15, 0.2) is 0 Å². The molecule has 2 aliphatic rings. The summed E-state index contributed by atoms with van der Waals surface area (Å²) in [4.78, 5) is 35.2. The van der Waals surface area contributed by atoms with E-state index >= 15 is 0 Å². The first-order valence-corrected chi connectivity index (χ1v) is 9.19. The van der Waals surface area contributed by atoms with Crippen molar-refractivity contribution in [3.05, 3.63) is 35.9 Å². The van der Waals surface area contributed by atoms with Crippen molar-refractivity contribution in [1.82, 2.24) is 15.1 Å². The molecular formula is C19H27N3O5. The molecule has 3 rings (SSSR count). The molecule has 1 amide bonds. The van der Waals surface area contributed by atoms with E-state index in [1.54, 1.807) is 0 Å². The number of carbonyl (C=O) groups is 3. The molecule has 0 radical (unpaired) electrons. The molecule has 0 aliphatic carbocycles. The molecule has 0 atom stereocenters. The van der Waals surface area contributed by atoms with Crippen molar-refractivity contribution in [3.63, 3.8) is 0 Å². The van der Waals surface area contributed by atoms with Gasteiger partial charge in [0, 0.05) is 38.6 Å². The van der Waals surface area contributed by atoms with E-state index in [0.29, 0.717) is 5.91 Å². The maximum atomic E-state index is 12.5. The second kappa shape index (κ2) is 10.6. The Morgan fingerprint density at radius 3 is 2.00 bits per heavy atom. The SMILES string of the molecule is O=C(C1CCNCC1)N1CCN(Cc2ccccc2)CC1.O=C(O)C(=O)O. The number of aliphatic carboxylic acids is 2. The third kappa shape index (κ3) is 6.99. The van der Waals surface area contributed by atoms with Crippen molar-refractivity contribution >= 4 is 17.8 Å². The van der Waals surface area contributed by atoms with Crippen LogP contribution in [0.15, 0.2) is 30.3 Å². The number of carboxylic acids is 2. The van der Waals surface area contributed by atoms with Crippen LogP contribution in [0.25, 0.3) is 0 Å².